The van der Waals surface area contributed by atoms with Gasteiger partial charge in [-0.25, -0.2) is 0 Å². The van der Waals surface area contributed by atoms with Crippen LogP contribution in [0, 0.1) is 0 Å². The van der Waals surface area contributed by atoms with Gasteiger partial charge in [0.1, 0.15) is 5.75 Å². The molecule has 114 valence electrons. The van der Waals surface area contributed by atoms with Crippen LogP contribution in [0.1, 0.15) is 51.6 Å². The fraction of sp³-hybridized carbons (Fsp3) is 0.647. The third-order valence-corrected chi connectivity index (χ3v) is 4.18. The molecule has 2 N–H and O–H groups in total. The Labute approximate surface area is 124 Å². The summed E-state index contributed by atoms with van der Waals surface area (Å²) in [5, 5.41) is 0. The first-order valence-electron chi connectivity index (χ1n) is 7.67. The minimum Gasteiger partial charge on any atom is -0.496 e. The predicted molar refractivity (Wildman–Crippen MR) is 86.1 cm³/mol. The first-order chi connectivity index (χ1) is 9.56. The fourth-order valence-corrected chi connectivity index (χ4v) is 2.78. The highest BCUT2D eigenvalue weighted by atomic mass is 16.5. The van der Waals surface area contributed by atoms with E-state index in [2.05, 4.69) is 44.9 Å². The number of ether oxygens (including phenoxy) is 1. The Hall–Kier alpha value is -1.06. The van der Waals surface area contributed by atoms with Crippen molar-refractivity contribution in [3.63, 3.8) is 0 Å². The lowest BCUT2D eigenvalue weighted by Crippen LogP contribution is -2.43. The molecule has 0 saturated carbocycles. The average molecular weight is 278 g/mol. The third kappa shape index (κ3) is 3.97. The van der Waals surface area contributed by atoms with E-state index in [-0.39, 0.29) is 12.1 Å². The molecule has 0 radical (unpaired) electrons. The number of rotatable bonds is 8. The SMILES string of the molecule is CCCC(C)N(C)C(c1ccccc1OC)C(N)CC. The summed E-state index contributed by atoms with van der Waals surface area (Å²) in [5.41, 5.74) is 7.60. The Morgan fingerprint density at radius 3 is 2.45 bits per heavy atom. The molecular formula is C17H30N2O. The van der Waals surface area contributed by atoms with Crippen molar-refractivity contribution in [2.75, 3.05) is 14.2 Å². The van der Waals surface area contributed by atoms with Crippen LogP contribution in [0.15, 0.2) is 24.3 Å². The lowest BCUT2D eigenvalue weighted by molar-refractivity contribution is 0.148. The van der Waals surface area contributed by atoms with Gasteiger partial charge in [-0.05, 0) is 32.9 Å². The maximum Gasteiger partial charge on any atom is 0.123 e. The van der Waals surface area contributed by atoms with Gasteiger partial charge in [-0.1, -0.05) is 38.5 Å². The molecule has 0 bridgehead atoms. The topological polar surface area (TPSA) is 38.5 Å². The number of methoxy groups -OCH3 is 1. The molecule has 3 nitrogen and oxygen atoms in total. The van der Waals surface area contributed by atoms with Crippen molar-refractivity contribution in [1.82, 2.24) is 4.90 Å². The van der Waals surface area contributed by atoms with E-state index in [9.17, 15) is 0 Å². The van der Waals surface area contributed by atoms with Crippen molar-refractivity contribution in [2.24, 2.45) is 5.73 Å². The van der Waals surface area contributed by atoms with Gasteiger partial charge in [0.2, 0.25) is 0 Å². The molecule has 0 aliphatic rings. The van der Waals surface area contributed by atoms with E-state index in [0.717, 1.165) is 12.2 Å². The highest BCUT2D eigenvalue weighted by Crippen LogP contribution is 2.33. The average Bonchev–Trinajstić information content (AvgIpc) is 2.47. The van der Waals surface area contributed by atoms with Crippen LogP contribution in [0.3, 0.4) is 0 Å². The summed E-state index contributed by atoms with van der Waals surface area (Å²) >= 11 is 0. The molecule has 3 heteroatoms. The van der Waals surface area contributed by atoms with Gasteiger partial charge in [-0.3, -0.25) is 4.90 Å². The van der Waals surface area contributed by atoms with E-state index >= 15 is 0 Å². The first kappa shape index (κ1) is 17.0. The second kappa shape index (κ2) is 8.28. The van der Waals surface area contributed by atoms with Crippen LogP contribution in [0.25, 0.3) is 0 Å². The molecule has 0 aliphatic carbocycles. The van der Waals surface area contributed by atoms with Gasteiger partial charge >= 0.3 is 0 Å². The standard InChI is InChI=1S/C17H30N2O/c1-6-10-13(3)19(4)17(15(18)7-2)14-11-8-9-12-16(14)20-5/h8-9,11-13,15,17H,6-7,10,18H2,1-5H3. The molecule has 0 aliphatic heterocycles. The Kier molecular flexibility index (Phi) is 7.03. The van der Waals surface area contributed by atoms with Crippen LogP contribution in [0.2, 0.25) is 0 Å². The van der Waals surface area contributed by atoms with Gasteiger partial charge in [0.05, 0.1) is 13.2 Å². The van der Waals surface area contributed by atoms with Gasteiger partial charge in [0.15, 0.2) is 0 Å². The van der Waals surface area contributed by atoms with E-state index in [1.165, 1.54) is 18.4 Å². The fourth-order valence-electron chi connectivity index (χ4n) is 2.78. The van der Waals surface area contributed by atoms with E-state index in [1.54, 1.807) is 7.11 Å². The van der Waals surface area contributed by atoms with Gasteiger partial charge in [0.25, 0.3) is 0 Å². The number of para-hydroxylation sites is 1. The third-order valence-electron chi connectivity index (χ3n) is 4.18. The van der Waals surface area contributed by atoms with Crippen LogP contribution >= 0.6 is 0 Å². The molecule has 0 heterocycles. The van der Waals surface area contributed by atoms with Crippen molar-refractivity contribution in [2.45, 2.75) is 58.2 Å². The Balaban J connectivity index is 3.11. The number of nitrogens with zero attached hydrogens (tertiary/aromatic N) is 1. The highest BCUT2D eigenvalue weighted by molar-refractivity contribution is 5.36. The predicted octanol–water partition coefficient (Wildman–Crippen LogP) is 3.59. The van der Waals surface area contributed by atoms with Crippen molar-refractivity contribution in [1.29, 1.82) is 0 Å². The monoisotopic (exact) mass is 278 g/mol. The summed E-state index contributed by atoms with van der Waals surface area (Å²) < 4.78 is 5.53. The summed E-state index contributed by atoms with van der Waals surface area (Å²) in [6, 6.07) is 9.02. The number of hydrogen-bond donors (Lipinski definition) is 1. The zero-order valence-corrected chi connectivity index (χ0v) is 13.6. The molecule has 0 amide bonds. The number of likely N-dealkylation sites (N-methyl/N-ethyl adjacent to an activating group) is 1. The Morgan fingerprint density at radius 1 is 1.25 bits per heavy atom. The zero-order chi connectivity index (χ0) is 15.1. The quantitative estimate of drug-likeness (QED) is 0.789. The smallest absolute Gasteiger partial charge is 0.123 e. The summed E-state index contributed by atoms with van der Waals surface area (Å²) in [6.07, 6.45) is 3.32. The molecule has 0 saturated heterocycles. The number of hydrogen-bond acceptors (Lipinski definition) is 3. The second-order valence-corrected chi connectivity index (χ2v) is 5.56. The van der Waals surface area contributed by atoms with E-state index < -0.39 is 0 Å². The lowest BCUT2D eigenvalue weighted by atomic mass is 9.94. The van der Waals surface area contributed by atoms with E-state index in [0.29, 0.717) is 6.04 Å². The second-order valence-electron chi connectivity index (χ2n) is 5.56. The molecule has 0 spiro atoms. The molecule has 1 aromatic carbocycles. The van der Waals surface area contributed by atoms with Crippen molar-refractivity contribution in [3.05, 3.63) is 29.8 Å². The maximum absolute atomic E-state index is 6.41. The number of nitrogens with two attached hydrogens (primary N) is 1. The van der Waals surface area contributed by atoms with Crippen LogP contribution < -0.4 is 10.5 Å². The number of benzene rings is 1. The molecule has 3 atom stereocenters. The zero-order valence-electron chi connectivity index (χ0n) is 13.6. The normalized spacial score (nSPS) is 15.9. The van der Waals surface area contributed by atoms with Gasteiger partial charge < -0.3 is 10.5 Å². The van der Waals surface area contributed by atoms with Crippen molar-refractivity contribution < 1.29 is 4.74 Å². The molecule has 1 rings (SSSR count). The van der Waals surface area contributed by atoms with Crippen LogP contribution in [0.5, 0.6) is 5.75 Å². The van der Waals surface area contributed by atoms with Crippen LogP contribution in [-0.4, -0.2) is 31.1 Å². The van der Waals surface area contributed by atoms with E-state index in [4.69, 9.17) is 10.5 Å². The summed E-state index contributed by atoms with van der Waals surface area (Å²) in [6.45, 7) is 6.64. The van der Waals surface area contributed by atoms with Crippen molar-refractivity contribution in [3.8, 4) is 5.75 Å². The van der Waals surface area contributed by atoms with Crippen molar-refractivity contribution >= 4 is 0 Å². The van der Waals surface area contributed by atoms with Gasteiger partial charge in [-0.15, -0.1) is 0 Å². The summed E-state index contributed by atoms with van der Waals surface area (Å²) in [4.78, 5) is 2.40. The Morgan fingerprint density at radius 2 is 1.90 bits per heavy atom. The molecule has 0 fully saturated rings. The minimum absolute atomic E-state index is 0.107. The minimum atomic E-state index is 0.107. The van der Waals surface area contributed by atoms with Gasteiger partial charge in [-0.2, -0.15) is 0 Å². The lowest BCUT2D eigenvalue weighted by Gasteiger charge is -2.37. The summed E-state index contributed by atoms with van der Waals surface area (Å²) in [7, 11) is 3.90. The molecule has 20 heavy (non-hydrogen) atoms. The molecule has 0 aromatic heterocycles. The summed E-state index contributed by atoms with van der Waals surface area (Å²) in [5.74, 6) is 0.928. The molecule has 3 unspecified atom stereocenters. The highest BCUT2D eigenvalue weighted by Gasteiger charge is 2.28. The molecule has 1 aromatic rings. The van der Waals surface area contributed by atoms with E-state index in [1.807, 2.05) is 12.1 Å². The Bertz CT molecular complexity index is 394. The van der Waals surface area contributed by atoms with Crippen LogP contribution in [-0.2, 0) is 0 Å². The maximum atomic E-state index is 6.41. The first-order valence-corrected chi connectivity index (χ1v) is 7.67. The van der Waals surface area contributed by atoms with Crippen LogP contribution in [0.4, 0.5) is 0 Å². The largest absolute Gasteiger partial charge is 0.496 e. The van der Waals surface area contributed by atoms with Gasteiger partial charge in [0, 0.05) is 17.6 Å². The molecular weight excluding hydrogens is 248 g/mol.